The number of ether oxygens (including phenoxy) is 1. The number of nitrogens with one attached hydrogen (secondary N) is 1. The molecule has 4 aliphatic rings. The molecule has 2 aromatic carbocycles. The largest absolute Gasteiger partial charge is 0.583 e. The number of halogens is 1. The van der Waals surface area contributed by atoms with Gasteiger partial charge in [0.1, 0.15) is 11.3 Å². The van der Waals surface area contributed by atoms with Crippen molar-refractivity contribution in [2.24, 2.45) is 17.8 Å². The van der Waals surface area contributed by atoms with Gasteiger partial charge in [0.15, 0.2) is 0 Å². The topological polar surface area (TPSA) is 72.4 Å². The molecule has 0 spiro atoms. The molecule has 6 nitrogen and oxygen atoms in total. The maximum absolute atomic E-state index is 13.5. The quantitative estimate of drug-likeness (QED) is 0.335. The molecule has 1 radical (unpaired) electrons. The van der Waals surface area contributed by atoms with Gasteiger partial charge in [0.2, 0.25) is 0 Å². The molecular weight excluding hydrogens is 476 g/mol. The summed E-state index contributed by atoms with van der Waals surface area (Å²) in [4.78, 5) is 32.3. The van der Waals surface area contributed by atoms with Crippen LogP contribution >= 0.6 is 11.6 Å². The lowest BCUT2D eigenvalue weighted by Crippen LogP contribution is -2.58. The second-order valence-electron chi connectivity index (χ2n) is 11.0. The summed E-state index contributed by atoms with van der Waals surface area (Å²) in [6, 6.07) is 12.4. The van der Waals surface area contributed by atoms with Crippen LogP contribution in [0.4, 0.5) is 0 Å². The highest BCUT2D eigenvalue weighted by molar-refractivity contribution is 6.30. The number of hydrogen-bond donors (Lipinski definition) is 1. The zero-order valence-electron chi connectivity index (χ0n) is 20.7. The lowest BCUT2D eigenvalue weighted by atomic mass is 9.53. The Morgan fingerprint density at radius 2 is 1.72 bits per heavy atom. The fraction of sp³-hybridized carbons (Fsp3) is 0.448. The van der Waals surface area contributed by atoms with E-state index in [0.29, 0.717) is 22.0 Å². The third-order valence-corrected chi connectivity index (χ3v) is 8.83. The Hall–Kier alpha value is -2.83. The van der Waals surface area contributed by atoms with Gasteiger partial charge in [-0.05, 0) is 111 Å². The molecule has 4 fully saturated rings. The predicted octanol–water partition coefficient (Wildman–Crippen LogP) is 5.86. The van der Waals surface area contributed by atoms with Crippen molar-refractivity contribution >= 4 is 34.4 Å². The second-order valence-corrected chi connectivity index (χ2v) is 11.5. The first-order valence-corrected chi connectivity index (χ1v) is 13.2. The van der Waals surface area contributed by atoms with Crippen LogP contribution in [0.15, 0.2) is 42.5 Å². The predicted molar refractivity (Wildman–Crippen MR) is 138 cm³/mol. The standard InChI is InChI=1S/C29H31ClN2O4/c1-17-24(13-27(33)36-31-29-14-18-9-19(15-29)11-20(10-18)16-29)25-12-23(35-2)7-8-26(25)32(17)28(34)21-3-5-22(30)6-4-21/h3-8,12,18-20,31H,9-11,13-16H2,1-2H3/q+1. The molecule has 1 aromatic heterocycles. The SMILES string of the molecule is COc1ccc2c(c1)c(CC(=O)ONC13CC4CC(CC(C4)C1)C3)c(C)n2C(=[O+])c1ccc(Cl)cc1. The van der Waals surface area contributed by atoms with Gasteiger partial charge in [0.05, 0.1) is 24.6 Å². The van der Waals surface area contributed by atoms with Crippen LogP contribution < -0.4 is 10.2 Å². The summed E-state index contributed by atoms with van der Waals surface area (Å²) in [6.07, 6.45) is 7.34. The monoisotopic (exact) mass is 506 g/mol. The molecular formula is C29H31ClN2O4+. The molecule has 7 heteroatoms. The second kappa shape index (κ2) is 8.93. The van der Waals surface area contributed by atoms with Gasteiger partial charge in [-0.2, -0.15) is 0 Å². The van der Waals surface area contributed by atoms with Crippen LogP contribution in [-0.4, -0.2) is 29.1 Å². The molecule has 0 aliphatic heterocycles. The third-order valence-electron chi connectivity index (χ3n) is 8.58. The molecule has 7 rings (SSSR count). The molecule has 0 unspecified atom stereocenters. The number of fused-ring (bicyclic) bond motifs is 1. The first-order valence-electron chi connectivity index (χ1n) is 12.8. The van der Waals surface area contributed by atoms with E-state index in [1.165, 1.54) is 19.3 Å². The molecule has 4 bridgehead atoms. The maximum atomic E-state index is 13.5. The first kappa shape index (κ1) is 23.6. The molecule has 36 heavy (non-hydrogen) atoms. The summed E-state index contributed by atoms with van der Waals surface area (Å²) in [5.41, 5.74) is 5.90. The number of methoxy groups -OCH3 is 1. The van der Waals surface area contributed by atoms with Crippen LogP contribution in [0.1, 0.15) is 60.1 Å². The zero-order chi connectivity index (χ0) is 25.0. The number of carbonyl (C=O) groups excluding carboxylic acids is 2. The molecule has 4 aliphatic carbocycles. The highest BCUT2D eigenvalue weighted by Gasteiger charge is 2.51. The summed E-state index contributed by atoms with van der Waals surface area (Å²) >= 11 is 6.02. The Morgan fingerprint density at radius 1 is 1.08 bits per heavy atom. The van der Waals surface area contributed by atoms with Gasteiger partial charge >= 0.3 is 11.9 Å². The van der Waals surface area contributed by atoms with E-state index in [1.807, 2.05) is 25.1 Å². The van der Waals surface area contributed by atoms with Crippen LogP contribution in [0, 0.1) is 24.7 Å². The Labute approximate surface area is 215 Å². The van der Waals surface area contributed by atoms with E-state index in [4.69, 9.17) is 21.2 Å². The van der Waals surface area contributed by atoms with Crippen molar-refractivity contribution in [2.45, 2.75) is 57.4 Å². The minimum absolute atomic E-state index is 0.0652. The molecule has 0 atom stereocenters. The number of hydroxylamine groups is 1. The fourth-order valence-electron chi connectivity index (χ4n) is 7.38. The van der Waals surface area contributed by atoms with Gasteiger partial charge in [-0.15, -0.1) is 5.48 Å². The van der Waals surface area contributed by atoms with Crippen molar-refractivity contribution < 1.29 is 19.2 Å². The summed E-state index contributed by atoms with van der Waals surface area (Å²) in [6.45, 7) is 1.87. The lowest BCUT2D eigenvalue weighted by molar-refractivity contribution is -0.165. The zero-order valence-corrected chi connectivity index (χ0v) is 21.4. The highest BCUT2D eigenvalue weighted by Crippen LogP contribution is 2.55. The van der Waals surface area contributed by atoms with E-state index >= 15 is 0 Å². The normalized spacial score (nSPS) is 26.4. The Kier molecular flexibility index (Phi) is 5.84. The number of aromatic nitrogens is 1. The highest BCUT2D eigenvalue weighted by atomic mass is 35.5. The van der Waals surface area contributed by atoms with E-state index < -0.39 is 0 Å². The van der Waals surface area contributed by atoms with E-state index in [2.05, 4.69) is 5.48 Å². The molecule has 1 heterocycles. The van der Waals surface area contributed by atoms with Gasteiger partial charge in [-0.1, -0.05) is 11.6 Å². The van der Waals surface area contributed by atoms with E-state index in [0.717, 1.165) is 53.5 Å². The van der Waals surface area contributed by atoms with Crippen LogP contribution in [0.25, 0.3) is 10.9 Å². The average Bonchev–Trinajstić information content (AvgIpc) is 3.12. The van der Waals surface area contributed by atoms with Crippen molar-refractivity contribution in [2.75, 3.05) is 7.11 Å². The van der Waals surface area contributed by atoms with Crippen molar-refractivity contribution in [1.29, 1.82) is 0 Å². The van der Waals surface area contributed by atoms with Gasteiger partial charge in [0, 0.05) is 16.1 Å². The van der Waals surface area contributed by atoms with Gasteiger partial charge < -0.3 is 9.57 Å². The molecule has 3 aromatic rings. The number of hydrogen-bond acceptors (Lipinski definition) is 5. The van der Waals surface area contributed by atoms with Crippen LogP contribution in [0.5, 0.6) is 5.75 Å². The fourth-order valence-corrected chi connectivity index (χ4v) is 7.50. The summed E-state index contributed by atoms with van der Waals surface area (Å²) in [7, 11) is 1.60. The van der Waals surface area contributed by atoms with Gasteiger partial charge in [-0.25, -0.2) is 4.57 Å². The first-order chi connectivity index (χ1) is 17.3. The summed E-state index contributed by atoms with van der Waals surface area (Å²) in [5.74, 6) is 2.43. The molecule has 0 amide bonds. The lowest BCUT2D eigenvalue weighted by Gasteiger charge is -2.56. The van der Waals surface area contributed by atoms with E-state index in [1.54, 1.807) is 35.9 Å². The molecule has 1 N–H and O–H groups in total. The Bertz CT molecular complexity index is 1310. The van der Waals surface area contributed by atoms with Crippen molar-refractivity contribution in [1.82, 2.24) is 10.0 Å². The average molecular weight is 507 g/mol. The number of nitrogens with zero attached hydrogens (tertiary/aromatic N) is 1. The number of rotatable bonds is 6. The van der Waals surface area contributed by atoms with E-state index in [9.17, 15) is 9.59 Å². The maximum Gasteiger partial charge on any atom is 0.583 e. The van der Waals surface area contributed by atoms with Crippen molar-refractivity contribution in [3.63, 3.8) is 0 Å². The number of benzene rings is 2. The molecule has 4 saturated carbocycles. The summed E-state index contributed by atoms with van der Waals surface area (Å²) < 4.78 is 7.10. The summed E-state index contributed by atoms with van der Waals surface area (Å²) in [5, 5.41) is 1.38. The smallest absolute Gasteiger partial charge is 0.497 e. The van der Waals surface area contributed by atoms with Gasteiger partial charge in [-0.3, -0.25) is 4.79 Å². The Balaban J connectivity index is 1.27. The van der Waals surface area contributed by atoms with Gasteiger partial charge in [0.25, 0.3) is 4.79 Å². The number of carbonyl (C=O) groups is 2. The van der Waals surface area contributed by atoms with Crippen LogP contribution in [-0.2, 0) is 16.1 Å². The molecule has 187 valence electrons. The van der Waals surface area contributed by atoms with Crippen molar-refractivity contribution in [3.8, 4) is 5.75 Å². The minimum atomic E-state index is -0.338. The molecule has 0 saturated heterocycles. The Morgan fingerprint density at radius 3 is 2.33 bits per heavy atom. The third kappa shape index (κ3) is 4.10. The van der Waals surface area contributed by atoms with E-state index in [-0.39, 0.29) is 23.8 Å². The van der Waals surface area contributed by atoms with Crippen LogP contribution in [0.2, 0.25) is 5.02 Å². The van der Waals surface area contributed by atoms with Crippen LogP contribution in [0.3, 0.4) is 0 Å². The van der Waals surface area contributed by atoms with Crippen molar-refractivity contribution in [3.05, 3.63) is 64.3 Å². The minimum Gasteiger partial charge on any atom is -0.497 e.